The summed E-state index contributed by atoms with van der Waals surface area (Å²) in [5.41, 5.74) is 0.360. The molecular formula is C13H21ClN8OS. The quantitative estimate of drug-likeness (QED) is 0.474. The van der Waals surface area contributed by atoms with Gasteiger partial charge in [0.25, 0.3) is 5.91 Å². The van der Waals surface area contributed by atoms with Gasteiger partial charge in [-0.3, -0.25) is 14.6 Å². The molecule has 1 atom stereocenters. The minimum Gasteiger partial charge on any atom is -0.350 e. The number of hydrogen-bond donors (Lipinski definition) is 3. The number of nitrogens with zero attached hydrogens (tertiary/aromatic N) is 5. The molecule has 132 valence electrons. The second kappa shape index (κ2) is 9.60. The van der Waals surface area contributed by atoms with Gasteiger partial charge in [0.2, 0.25) is 0 Å². The summed E-state index contributed by atoms with van der Waals surface area (Å²) >= 11 is 1.50. The number of amides is 1. The number of aromatic amines is 1. The van der Waals surface area contributed by atoms with Crippen molar-refractivity contribution in [2.24, 2.45) is 5.92 Å². The average molecular weight is 373 g/mol. The molecule has 3 rings (SSSR count). The van der Waals surface area contributed by atoms with Crippen molar-refractivity contribution in [1.29, 1.82) is 0 Å². The van der Waals surface area contributed by atoms with E-state index in [2.05, 4.69) is 36.1 Å². The summed E-state index contributed by atoms with van der Waals surface area (Å²) in [4.78, 5) is 16.0. The molecule has 1 amide bonds. The van der Waals surface area contributed by atoms with Gasteiger partial charge in [0.05, 0.1) is 6.20 Å². The summed E-state index contributed by atoms with van der Waals surface area (Å²) in [5, 5.41) is 21.5. The molecule has 0 aromatic carbocycles. The molecule has 2 aromatic rings. The van der Waals surface area contributed by atoms with E-state index in [1.807, 2.05) is 0 Å². The number of carbonyl (C=O) groups excluding carboxylic acids is 1. The van der Waals surface area contributed by atoms with Crippen LogP contribution in [-0.4, -0.2) is 61.5 Å². The Morgan fingerprint density at radius 1 is 1.50 bits per heavy atom. The summed E-state index contributed by atoms with van der Waals surface area (Å²) in [7, 11) is 0. The molecule has 0 saturated carbocycles. The average Bonchev–Trinajstić information content (AvgIpc) is 3.24. The molecule has 24 heavy (non-hydrogen) atoms. The third kappa shape index (κ3) is 5.46. The zero-order chi connectivity index (χ0) is 15.9. The summed E-state index contributed by atoms with van der Waals surface area (Å²) in [6, 6.07) is 0. The molecule has 0 spiro atoms. The van der Waals surface area contributed by atoms with E-state index in [-0.39, 0.29) is 18.3 Å². The molecule has 0 aliphatic carbocycles. The van der Waals surface area contributed by atoms with E-state index >= 15 is 0 Å². The highest BCUT2D eigenvalue weighted by atomic mass is 35.5. The Morgan fingerprint density at radius 2 is 2.42 bits per heavy atom. The lowest BCUT2D eigenvalue weighted by atomic mass is 10.00. The maximum atomic E-state index is 12.0. The molecule has 1 saturated heterocycles. The number of carbonyl (C=O) groups is 1. The lowest BCUT2D eigenvalue weighted by Gasteiger charge is -2.22. The van der Waals surface area contributed by atoms with E-state index in [1.165, 1.54) is 30.9 Å². The predicted molar refractivity (Wildman–Crippen MR) is 92.3 cm³/mol. The summed E-state index contributed by atoms with van der Waals surface area (Å²) < 4.78 is 1.76. The van der Waals surface area contributed by atoms with Crippen molar-refractivity contribution in [2.75, 3.05) is 25.4 Å². The highest BCUT2D eigenvalue weighted by molar-refractivity contribution is 7.99. The lowest BCUT2D eigenvalue weighted by Crippen LogP contribution is -2.32. The van der Waals surface area contributed by atoms with Crippen molar-refractivity contribution in [3.8, 4) is 0 Å². The van der Waals surface area contributed by atoms with Crippen LogP contribution in [0.1, 0.15) is 23.3 Å². The number of nitrogens with one attached hydrogen (secondary N) is 3. The Kier molecular flexibility index (Phi) is 7.47. The van der Waals surface area contributed by atoms with Gasteiger partial charge in [-0.1, -0.05) is 17.0 Å². The number of piperidine rings is 1. The molecule has 1 aliphatic heterocycles. The fraction of sp³-hybridized carbons (Fsp3) is 0.615. The van der Waals surface area contributed by atoms with Gasteiger partial charge >= 0.3 is 0 Å². The second-order valence-electron chi connectivity index (χ2n) is 5.43. The lowest BCUT2D eigenvalue weighted by molar-refractivity contribution is 0.0951. The zero-order valence-electron chi connectivity index (χ0n) is 13.1. The van der Waals surface area contributed by atoms with Gasteiger partial charge in [0.1, 0.15) is 6.33 Å². The number of H-pyrrole nitrogens is 1. The molecule has 11 heteroatoms. The minimum atomic E-state index is -0.198. The fourth-order valence-corrected chi connectivity index (χ4v) is 3.14. The number of halogens is 1. The molecule has 0 bridgehead atoms. The molecule has 3 N–H and O–H groups in total. The minimum absolute atomic E-state index is 0. The van der Waals surface area contributed by atoms with Crippen molar-refractivity contribution in [3.63, 3.8) is 0 Å². The normalized spacial score (nSPS) is 17.2. The largest absolute Gasteiger partial charge is 0.350 e. The Bertz CT molecular complexity index is 613. The first-order valence-electron chi connectivity index (χ1n) is 7.68. The van der Waals surface area contributed by atoms with Crippen molar-refractivity contribution in [2.45, 2.75) is 24.5 Å². The molecule has 1 unspecified atom stereocenters. The fourth-order valence-electron chi connectivity index (χ4n) is 2.50. The highest BCUT2D eigenvalue weighted by Gasteiger charge is 2.16. The molecule has 1 aliphatic rings. The van der Waals surface area contributed by atoms with Crippen LogP contribution in [0.25, 0.3) is 0 Å². The van der Waals surface area contributed by atoms with Crippen molar-refractivity contribution >= 4 is 30.1 Å². The Morgan fingerprint density at radius 3 is 3.17 bits per heavy atom. The molecule has 1 fully saturated rings. The molecule has 9 nitrogen and oxygen atoms in total. The van der Waals surface area contributed by atoms with Crippen LogP contribution in [0.2, 0.25) is 0 Å². The summed E-state index contributed by atoms with van der Waals surface area (Å²) in [5.74, 6) is 1.07. The van der Waals surface area contributed by atoms with Crippen LogP contribution in [0, 0.1) is 5.92 Å². The van der Waals surface area contributed by atoms with Crippen molar-refractivity contribution < 1.29 is 4.79 Å². The standard InChI is InChI=1S/C13H20N8OS.ClH/c22-12(15-4-5-23-13-16-9-17-19-13)11-8-21(20-18-11)7-10-2-1-3-14-6-10;/h8-10,14H,1-7H2,(H,15,22)(H,16,17,19);1H. The Labute approximate surface area is 150 Å². The second-order valence-corrected chi connectivity index (χ2v) is 6.52. The highest BCUT2D eigenvalue weighted by Crippen LogP contribution is 2.12. The van der Waals surface area contributed by atoms with E-state index in [0.29, 0.717) is 23.9 Å². The van der Waals surface area contributed by atoms with Gasteiger partial charge in [0.15, 0.2) is 10.9 Å². The van der Waals surface area contributed by atoms with Gasteiger partial charge in [-0.15, -0.1) is 17.5 Å². The Hall–Kier alpha value is -1.65. The zero-order valence-corrected chi connectivity index (χ0v) is 14.8. The monoisotopic (exact) mass is 372 g/mol. The van der Waals surface area contributed by atoms with Crippen LogP contribution in [0.3, 0.4) is 0 Å². The Balaban J connectivity index is 0.00000208. The van der Waals surface area contributed by atoms with Crippen molar-refractivity contribution in [1.82, 2.24) is 40.8 Å². The summed E-state index contributed by atoms with van der Waals surface area (Å²) in [6.07, 6.45) is 5.55. The molecular weight excluding hydrogens is 352 g/mol. The van der Waals surface area contributed by atoms with Crippen LogP contribution < -0.4 is 10.6 Å². The van der Waals surface area contributed by atoms with Crippen LogP contribution in [0.5, 0.6) is 0 Å². The number of hydrogen-bond acceptors (Lipinski definition) is 7. The van der Waals surface area contributed by atoms with E-state index in [1.54, 1.807) is 10.9 Å². The van der Waals surface area contributed by atoms with Crippen LogP contribution in [0.4, 0.5) is 0 Å². The van der Waals surface area contributed by atoms with Crippen LogP contribution in [-0.2, 0) is 6.54 Å². The number of rotatable bonds is 7. The third-order valence-corrected chi connectivity index (χ3v) is 4.51. The van der Waals surface area contributed by atoms with Gasteiger partial charge in [-0.25, -0.2) is 4.98 Å². The molecule has 0 radical (unpaired) electrons. The number of thioether (sulfide) groups is 1. The van der Waals surface area contributed by atoms with E-state index in [4.69, 9.17) is 0 Å². The van der Waals surface area contributed by atoms with Crippen molar-refractivity contribution in [3.05, 3.63) is 18.2 Å². The van der Waals surface area contributed by atoms with Crippen LogP contribution in [0.15, 0.2) is 17.7 Å². The summed E-state index contributed by atoms with van der Waals surface area (Å²) in [6.45, 7) is 3.42. The van der Waals surface area contributed by atoms with E-state index in [9.17, 15) is 4.79 Å². The number of aromatic nitrogens is 6. The molecule has 2 aromatic heterocycles. The van der Waals surface area contributed by atoms with E-state index < -0.39 is 0 Å². The first kappa shape index (κ1) is 18.7. The maximum Gasteiger partial charge on any atom is 0.273 e. The topological polar surface area (TPSA) is 113 Å². The predicted octanol–water partition coefficient (Wildman–Crippen LogP) is 0.340. The first-order valence-corrected chi connectivity index (χ1v) is 8.67. The first-order chi connectivity index (χ1) is 11.3. The van der Waals surface area contributed by atoms with Gasteiger partial charge in [-0.05, 0) is 31.8 Å². The van der Waals surface area contributed by atoms with Gasteiger partial charge in [-0.2, -0.15) is 5.10 Å². The van der Waals surface area contributed by atoms with E-state index in [0.717, 1.165) is 24.8 Å². The third-order valence-electron chi connectivity index (χ3n) is 3.63. The van der Waals surface area contributed by atoms with Crippen LogP contribution >= 0.6 is 24.2 Å². The SMILES string of the molecule is Cl.O=C(NCCSc1ncn[nH]1)c1cn(CC2CCCNC2)nn1. The maximum absolute atomic E-state index is 12.0. The van der Waals surface area contributed by atoms with Gasteiger partial charge in [0, 0.05) is 18.8 Å². The molecule has 3 heterocycles. The van der Waals surface area contributed by atoms with Gasteiger partial charge < -0.3 is 10.6 Å². The smallest absolute Gasteiger partial charge is 0.273 e.